The fraction of sp³-hybridized carbons (Fsp3) is 0.590. The lowest BCUT2D eigenvalue weighted by Gasteiger charge is -2.30. The van der Waals surface area contributed by atoms with E-state index >= 15 is 0 Å². The van der Waals surface area contributed by atoms with Crippen LogP contribution < -0.4 is 37.6 Å². The molecule has 2 aromatic carbocycles. The maximum Gasteiger partial charge on any atom is 0.303 e. The van der Waals surface area contributed by atoms with Gasteiger partial charge in [-0.05, 0) is 56.8 Å². The number of aliphatic hydroxyl groups excluding tert-OH is 1. The Kier molecular flexibility index (Phi) is 18.6. The van der Waals surface area contributed by atoms with Crippen molar-refractivity contribution in [2.24, 2.45) is 11.5 Å². The number of hydrogen-bond donors (Lipinski definition) is 9. The van der Waals surface area contributed by atoms with Crippen molar-refractivity contribution in [3.8, 4) is 0 Å². The minimum atomic E-state index is -1.98. The molecule has 3 rings (SSSR count). The molecule has 1 heterocycles. The van der Waals surface area contributed by atoms with Gasteiger partial charge in [0.2, 0.25) is 17.7 Å². The molecular formula is C39H60N8O9. The highest BCUT2D eigenvalue weighted by atomic mass is 16.5. The second-order valence-corrected chi connectivity index (χ2v) is 14.5. The second-order valence-electron chi connectivity index (χ2n) is 14.5. The number of carboxylic acids is 1. The number of anilines is 1. The van der Waals surface area contributed by atoms with E-state index in [0.29, 0.717) is 29.6 Å². The Morgan fingerprint density at radius 2 is 1.54 bits per heavy atom. The van der Waals surface area contributed by atoms with Crippen molar-refractivity contribution < 1.29 is 44.1 Å². The Labute approximate surface area is 327 Å². The van der Waals surface area contributed by atoms with Crippen LogP contribution >= 0.6 is 0 Å². The van der Waals surface area contributed by atoms with Crippen molar-refractivity contribution in [2.75, 3.05) is 45.2 Å². The van der Waals surface area contributed by atoms with Gasteiger partial charge in [0.05, 0.1) is 12.1 Å². The molecule has 17 heteroatoms. The number of carbonyl (C=O) groups excluding carboxylic acids is 5. The van der Waals surface area contributed by atoms with E-state index in [0.717, 1.165) is 48.1 Å². The fourth-order valence-corrected chi connectivity index (χ4v) is 6.59. The highest BCUT2D eigenvalue weighted by Crippen LogP contribution is 2.35. The van der Waals surface area contributed by atoms with E-state index in [1.165, 1.54) is 0 Å². The van der Waals surface area contributed by atoms with Crippen LogP contribution in [0.15, 0.2) is 30.3 Å². The van der Waals surface area contributed by atoms with Crippen molar-refractivity contribution >= 4 is 52.0 Å². The van der Waals surface area contributed by atoms with Crippen molar-refractivity contribution in [3.63, 3.8) is 0 Å². The van der Waals surface area contributed by atoms with Gasteiger partial charge < -0.3 is 53.0 Å². The third-order valence-corrected chi connectivity index (χ3v) is 9.78. The molecular weight excluding hydrogens is 724 g/mol. The number of unbranched alkanes of at least 4 members (excludes halogenated alkanes) is 3. The molecule has 0 spiro atoms. The van der Waals surface area contributed by atoms with Gasteiger partial charge in [-0.15, -0.1) is 0 Å². The molecule has 0 radical (unpaired) electrons. The van der Waals surface area contributed by atoms with Crippen LogP contribution in [0.1, 0.15) is 98.3 Å². The van der Waals surface area contributed by atoms with Crippen molar-refractivity contribution in [3.05, 3.63) is 41.5 Å². The second kappa shape index (κ2) is 22.8. The Balaban J connectivity index is 1.69. The predicted molar refractivity (Wildman–Crippen MR) is 212 cm³/mol. The lowest BCUT2D eigenvalue weighted by molar-refractivity contribution is -0.137. The van der Waals surface area contributed by atoms with Crippen LogP contribution in [0.4, 0.5) is 5.69 Å². The number of nitrogens with zero attached hydrogens (tertiary/aromatic N) is 2. The van der Waals surface area contributed by atoms with E-state index in [-0.39, 0.29) is 57.7 Å². The van der Waals surface area contributed by atoms with Crippen LogP contribution in [-0.4, -0.2) is 126 Å². The Bertz CT molecular complexity index is 1650. The van der Waals surface area contributed by atoms with Gasteiger partial charge in [-0.25, -0.2) is 0 Å². The zero-order valence-corrected chi connectivity index (χ0v) is 32.7. The number of rotatable bonds is 26. The number of carbonyl (C=O) groups is 6. The number of imide groups is 1. The van der Waals surface area contributed by atoms with Crippen LogP contribution in [0.3, 0.4) is 0 Å². The first-order valence-corrected chi connectivity index (χ1v) is 19.4. The summed E-state index contributed by atoms with van der Waals surface area (Å²) in [4.78, 5) is 80.3. The van der Waals surface area contributed by atoms with Gasteiger partial charge in [-0.3, -0.25) is 33.7 Å². The fourth-order valence-electron chi connectivity index (χ4n) is 6.59. The van der Waals surface area contributed by atoms with E-state index in [9.17, 15) is 39.0 Å². The average Bonchev–Trinajstić information content (AvgIpc) is 3.15. The summed E-state index contributed by atoms with van der Waals surface area (Å²) in [6.07, 6.45) is 2.99. The largest absolute Gasteiger partial charge is 0.481 e. The normalized spacial score (nSPS) is 14.7. The maximum atomic E-state index is 13.7. The molecule has 310 valence electrons. The van der Waals surface area contributed by atoms with Gasteiger partial charge in [0.1, 0.15) is 6.04 Å². The third-order valence-electron chi connectivity index (χ3n) is 9.78. The summed E-state index contributed by atoms with van der Waals surface area (Å²) in [5.41, 5.74) is 13.9. The number of aliphatic carboxylic acids is 1. The molecule has 0 fully saturated rings. The van der Waals surface area contributed by atoms with E-state index in [2.05, 4.69) is 28.2 Å². The van der Waals surface area contributed by atoms with Crippen LogP contribution in [-0.2, 0) is 19.2 Å². The molecule has 1 aliphatic rings. The minimum absolute atomic E-state index is 0.0315. The molecule has 2 aromatic rings. The predicted octanol–water partition coefficient (Wildman–Crippen LogP) is 0.538. The van der Waals surface area contributed by atoms with Gasteiger partial charge in [0.15, 0.2) is 6.29 Å². The monoisotopic (exact) mass is 784 g/mol. The van der Waals surface area contributed by atoms with Crippen LogP contribution in [0, 0.1) is 0 Å². The number of nitrogens with two attached hydrogens (primary N) is 2. The van der Waals surface area contributed by atoms with Gasteiger partial charge in [0, 0.05) is 80.2 Å². The van der Waals surface area contributed by atoms with Gasteiger partial charge in [0.25, 0.3) is 11.8 Å². The van der Waals surface area contributed by atoms with Crippen LogP contribution in [0.5, 0.6) is 0 Å². The van der Waals surface area contributed by atoms with E-state index in [4.69, 9.17) is 16.6 Å². The Morgan fingerprint density at radius 3 is 2.20 bits per heavy atom. The first-order chi connectivity index (χ1) is 26.7. The SMILES string of the molecule is CCCCCC[C@H](N)CNCC[C@H](N)C(=O)N[C@H](CCN1C(=O)c2cccc3c(N(C)C)ccc(c23)C1=O)C(=O)NCC[C@@H](NC(=O)CCCC(=O)O)C(O)O. The van der Waals surface area contributed by atoms with Crippen molar-refractivity contribution in [1.82, 2.24) is 26.2 Å². The molecule has 1 aliphatic heterocycles. The standard InChI is InChI=1S/C39H60N8O9/c1-4-5-6-7-10-24(40)23-42-20-17-28(41)35(51)45-29(36(52)43-21-18-30(39(55)56)44-32(48)13-9-14-33(49)50)19-22-47-37(53)26-12-8-11-25-31(46(2)3)16-15-27(34(25)26)38(47)54/h8,11-12,15-16,24,28-30,39,42,55-56H,4-7,9-10,13-14,17-23,40-41H2,1-3H3,(H,43,52)(H,44,48)(H,45,51)(H,49,50)/t24-,28-,29+,30+/m0/s1. The minimum Gasteiger partial charge on any atom is -0.481 e. The molecule has 0 bridgehead atoms. The summed E-state index contributed by atoms with van der Waals surface area (Å²) in [6.45, 7) is 2.72. The van der Waals surface area contributed by atoms with Crippen molar-refractivity contribution in [1.29, 1.82) is 0 Å². The van der Waals surface area contributed by atoms with Gasteiger partial charge >= 0.3 is 5.97 Å². The van der Waals surface area contributed by atoms with Gasteiger partial charge in [-0.1, -0.05) is 44.7 Å². The molecule has 17 nitrogen and oxygen atoms in total. The van der Waals surface area contributed by atoms with Crippen molar-refractivity contribution in [2.45, 2.75) is 108 Å². The molecule has 0 saturated heterocycles. The van der Waals surface area contributed by atoms with Crippen LogP contribution in [0.2, 0.25) is 0 Å². The summed E-state index contributed by atoms with van der Waals surface area (Å²) in [5.74, 6) is -4.06. The summed E-state index contributed by atoms with van der Waals surface area (Å²) >= 11 is 0. The van der Waals surface area contributed by atoms with E-state index < -0.39 is 59.9 Å². The molecule has 0 unspecified atom stereocenters. The average molecular weight is 785 g/mol. The van der Waals surface area contributed by atoms with Gasteiger partial charge in [-0.2, -0.15) is 0 Å². The zero-order valence-electron chi connectivity index (χ0n) is 32.7. The zero-order chi connectivity index (χ0) is 41.4. The number of hydrogen-bond acceptors (Lipinski definition) is 12. The lowest BCUT2D eigenvalue weighted by atomic mass is 9.92. The molecule has 4 atom stereocenters. The quantitative estimate of drug-likeness (QED) is 0.0359. The Morgan fingerprint density at radius 1 is 0.821 bits per heavy atom. The number of benzene rings is 2. The Hall–Kier alpha value is -4.68. The van der Waals surface area contributed by atoms with E-state index in [1.807, 2.05) is 25.1 Å². The highest BCUT2D eigenvalue weighted by molar-refractivity contribution is 6.26. The molecule has 11 N–H and O–H groups in total. The first-order valence-electron chi connectivity index (χ1n) is 19.4. The summed E-state index contributed by atoms with van der Waals surface area (Å²) in [5, 5.41) is 40.7. The number of aliphatic hydroxyl groups is 2. The molecule has 5 amide bonds. The first kappa shape index (κ1) is 45.7. The molecule has 56 heavy (non-hydrogen) atoms. The topological polar surface area (TPSA) is 270 Å². The maximum absolute atomic E-state index is 13.7. The summed E-state index contributed by atoms with van der Waals surface area (Å²) in [7, 11) is 3.73. The summed E-state index contributed by atoms with van der Waals surface area (Å²) < 4.78 is 0. The van der Waals surface area contributed by atoms with E-state index in [1.54, 1.807) is 24.3 Å². The number of amides is 5. The lowest BCUT2D eigenvalue weighted by Crippen LogP contribution is -2.54. The van der Waals surface area contributed by atoms with Crippen LogP contribution in [0.25, 0.3) is 10.8 Å². The smallest absolute Gasteiger partial charge is 0.303 e. The number of carboxylic acid groups (broad SMARTS) is 1. The number of nitrogens with one attached hydrogen (secondary N) is 4. The summed E-state index contributed by atoms with van der Waals surface area (Å²) in [6, 6.07) is 5.21. The third kappa shape index (κ3) is 13.5. The molecule has 0 aliphatic carbocycles. The molecule has 0 saturated carbocycles. The molecule has 0 aromatic heterocycles. The highest BCUT2D eigenvalue weighted by Gasteiger charge is 2.35.